The van der Waals surface area contributed by atoms with Gasteiger partial charge in [-0.1, -0.05) is 35.9 Å². The second-order valence-electron chi connectivity index (χ2n) is 7.66. The van der Waals surface area contributed by atoms with Gasteiger partial charge in [0.05, 0.1) is 11.0 Å². The topological polar surface area (TPSA) is 73.0 Å². The minimum atomic E-state index is -0.0926. The lowest BCUT2D eigenvalue weighted by atomic mass is 10.1. The summed E-state index contributed by atoms with van der Waals surface area (Å²) in [7, 11) is 0. The number of anilines is 1. The molecule has 0 saturated carbocycles. The molecule has 1 amide bonds. The third kappa shape index (κ3) is 4.71. The molecular formula is C26H21ClN4O2S. The van der Waals surface area contributed by atoms with Crippen LogP contribution in [0.5, 0.6) is 0 Å². The number of amides is 1. The highest BCUT2D eigenvalue weighted by molar-refractivity contribution is 7.98. The van der Waals surface area contributed by atoms with E-state index in [1.165, 1.54) is 0 Å². The van der Waals surface area contributed by atoms with Crippen LogP contribution in [0.25, 0.3) is 28.3 Å². The van der Waals surface area contributed by atoms with Gasteiger partial charge in [0, 0.05) is 34.0 Å². The summed E-state index contributed by atoms with van der Waals surface area (Å²) < 4.78 is 7.99. The van der Waals surface area contributed by atoms with E-state index in [1.807, 2.05) is 83.6 Å². The first kappa shape index (κ1) is 22.3. The van der Waals surface area contributed by atoms with Crippen molar-refractivity contribution in [2.45, 2.75) is 17.7 Å². The Kier molecular flexibility index (Phi) is 6.38. The molecule has 2 heterocycles. The largest absolute Gasteiger partial charge is 0.427 e. The fourth-order valence-electron chi connectivity index (χ4n) is 3.68. The maximum atomic E-state index is 12.6. The van der Waals surface area contributed by atoms with E-state index in [4.69, 9.17) is 21.0 Å². The molecule has 0 saturated heterocycles. The van der Waals surface area contributed by atoms with Crippen LogP contribution >= 0.6 is 23.4 Å². The van der Waals surface area contributed by atoms with Gasteiger partial charge in [-0.05, 0) is 54.8 Å². The van der Waals surface area contributed by atoms with Gasteiger partial charge < -0.3 is 9.73 Å². The van der Waals surface area contributed by atoms with Gasteiger partial charge in [-0.15, -0.1) is 11.8 Å². The lowest BCUT2D eigenvalue weighted by Crippen LogP contribution is -2.12. The van der Waals surface area contributed by atoms with Crippen molar-refractivity contribution < 1.29 is 9.21 Å². The summed E-state index contributed by atoms with van der Waals surface area (Å²) >= 11 is 7.74. The minimum Gasteiger partial charge on any atom is -0.427 e. The van der Waals surface area contributed by atoms with E-state index < -0.39 is 0 Å². The standard InChI is InChI=1S/C26H21ClN4O2S/c1-34-20-12-10-19(11-13-20)29-24(32)15-14-23-25(17-6-8-18(27)9-7-17)30-26(33-23)31-16-28-21-4-2-3-5-22(21)31/h2-13,16H,14-15H2,1H3,(H,29,32). The van der Waals surface area contributed by atoms with Crippen LogP contribution in [0, 0.1) is 0 Å². The number of nitrogens with one attached hydrogen (secondary N) is 1. The summed E-state index contributed by atoms with van der Waals surface area (Å²) in [6, 6.07) is 23.4. The highest BCUT2D eigenvalue weighted by atomic mass is 35.5. The number of benzene rings is 3. The minimum absolute atomic E-state index is 0.0926. The number of aromatic nitrogens is 3. The smallest absolute Gasteiger partial charge is 0.308 e. The van der Waals surface area contributed by atoms with E-state index >= 15 is 0 Å². The molecular weight excluding hydrogens is 468 g/mol. The fourth-order valence-corrected chi connectivity index (χ4v) is 4.22. The van der Waals surface area contributed by atoms with Crippen molar-refractivity contribution in [3.63, 3.8) is 0 Å². The third-order valence-electron chi connectivity index (χ3n) is 5.42. The zero-order valence-corrected chi connectivity index (χ0v) is 19.9. The van der Waals surface area contributed by atoms with E-state index in [0.29, 0.717) is 28.9 Å². The molecule has 0 atom stereocenters. The average Bonchev–Trinajstić information content (AvgIpc) is 3.48. The number of fused-ring (bicyclic) bond motifs is 1. The van der Waals surface area contributed by atoms with Crippen LogP contribution < -0.4 is 5.32 Å². The number of thioether (sulfide) groups is 1. The average molecular weight is 489 g/mol. The molecule has 5 rings (SSSR count). The Morgan fingerprint density at radius 3 is 2.59 bits per heavy atom. The van der Waals surface area contributed by atoms with Gasteiger partial charge in [0.25, 0.3) is 0 Å². The predicted molar refractivity (Wildman–Crippen MR) is 137 cm³/mol. The zero-order valence-electron chi connectivity index (χ0n) is 18.4. The van der Waals surface area contributed by atoms with Gasteiger partial charge in [0.2, 0.25) is 5.91 Å². The van der Waals surface area contributed by atoms with Gasteiger partial charge in [-0.25, -0.2) is 4.98 Å². The number of aryl methyl sites for hydroxylation is 1. The number of halogens is 1. The van der Waals surface area contributed by atoms with Crippen molar-refractivity contribution >= 4 is 46.0 Å². The van der Waals surface area contributed by atoms with E-state index in [9.17, 15) is 4.79 Å². The molecule has 0 radical (unpaired) electrons. The molecule has 34 heavy (non-hydrogen) atoms. The summed E-state index contributed by atoms with van der Waals surface area (Å²) in [4.78, 5) is 23.0. The van der Waals surface area contributed by atoms with Gasteiger partial charge in [-0.3, -0.25) is 9.36 Å². The van der Waals surface area contributed by atoms with Crippen LogP contribution in [0.1, 0.15) is 12.2 Å². The van der Waals surface area contributed by atoms with E-state index in [1.54, 1.807) is 18.1 Å². The molecule has 3 aromatic carbocycles. The second kappa shape index (κ2) is 9.75. The Hall–Kier alpha value is -3.55. The molecule has 1 N–H and O–H groups in total. The first-order chi connectivity index (χ1) is 16.6. The number of hydrogen-bond acceptors (Lipinski definition) is 5. The molecule has 0 aliphatic rings. The Labute approximate surface area is 206 Å². The van der Waals surface area contributed by atoms with Crippen molar-refractivity contribution in [2.75, 3.05) is 11.6 Å². The maximum absolute atomic E-state index is 12.6. The third-order valence-corrected chi connectivity index (χ3v) is 6.41. The first-order valence-corrected chi connectivity index (χ1v) is 12.3. The Balaban J connectivity index is 1.41. The molecule has 0 spiro atoms. The van der Waals surface area contributed by atoms with Crippen LogP contribution in [0.4, 0.5) is 5.69 Å². The van der Waals surface area contributed by atoms with Gasteiger partial charge in [-0.2, -0.15) is 4.98 Å². The molecule has 0 fully saturated rings. The quantitative estimate of drug-likeness (QED) is 0.260. The van der Waals surface area contributed by atoms with Crippen LogP contribution in [0.2, 0.25) is 5.02 Å². The lowest BCUT2D eigenvalue weighted by Gasteiger charge is -2.06. The van der Waals surface area contributed by atoms with Crippen molar-refractivity contribution in [1.29, 1.82) is 0 Å². The molecule has 8 heteroatoms. The van der Waals surface area contributed by atoms with Crippen LogP contribution in [0.3, 0.4) is 0 Å². The molecule has 0 aliphatic heterocycles. The molecule has 2 aromatic heterocycles. The number of rotatable bonds is 7. The van der Waals surface area contributed by atoms with E-state index in [2.05, 4.69) is 10.3 Å². The number of carbonyl (C=O) groups excluding carboxylic acids is 1. The number of para-hydroxylation sites is 2. The van der Waals surface area contributed by atoms with Gasteiger partial charge >= 0.3 is 6.01 Å². The van der Waals surface area contributed by atoms with Crippen LogP contribution in [-0.4, -0.2) is 26.7 Å². The molecule has 0 bridgehead atoms. The summed E-state index contributed by atoms with van der Waals surface area (Å²) in [6.45, 7) is 0. The fraction of sp³-hybridized carbons (Fsp3) is 0.115. The second-order valence-corrected chi connectivity index (χ2v) is 8.97. The zero-order chi connectivity index (χ0) is 23.5. The number of oxazole rings is 1. The molecule has 0 unspecified atom stereocenters. The molecule has 5 aromatic rings. The van der Waals surface area contributed by atoms with Gasteiger partial charge in [0.15, 0.2) is 0 Å². The van der Waals surface area contributed by atoms with Crippen LogP contribution in [-0.2, 0) is 11.2 Å². The number of imidazole rings is 1. The highest BCUT2D eigenvalue weighted by Crippen LogP contribution is 2.29. The Morgan fingerprint density at radius 1 is 1.06 bits per heavy atom. The monoisotopic (exact) mass is 488 g/mol. The Bertz CT molecular complexity index is 1440. The van der Waals surface area contributed by atoms with Crippen molar-refractivity contribution in [1.82, 2.24) is 14.5 Å². The van der Waals surface area contributed by atoms with Gasteiger partial charge in [0.1, 0.15) is 17.8 Å². The highest BCUT2D eigenvalue weighted by Gasteiger charge is 2.19. The number of hydrogen-bond donors (Lipinski definition) is 1. The lowest BCUT2D eigenvalue weighted by molar-refractivity contribution is -0.116. The van der Waals surface area contributed by atoms with Crippen molar-refractivity contribution in [2.24, 2.45) is 0 Å². The normalized spacial score (nSPS) is 11.1. The number of carbonyl (C=O) groups is 1. The first-order valence-electron chi connectivity index (χ1n) is 10.7. The molecule has 6 nitrogen and oxygen atoms in total. The van der Waals surface area contributed by atoms with Crippen molar-refractivity contribution in [3.05, 3.63) is 89.9 Å². The molecule has 170 valence electrons. The SMILES string of the molecule is CSc1ccc(NC(=O)CCc2oc(-n3cnc4ccccc43)nc2-c2ccc(Cl)cc2)cc1. The summed E-state index contributed by atoms with van der Waals surface area (Å²) in [5.74, 6) is 0.535. The predicted octanol–water partition coefficient (Wildman–Crippen LogP) is 6.63. The summed E-state index contributed by atoms with van der Waals surface area (Å²) in [6.07, 6.45) is 4.36. The Morgan fingerprint density at radius 2 is 1.82 bits per heavy atom. The summed E-state index contributed by atoms with van der Waals surface area (Å²) in [5, 5.41) is 3.59. The van der Waals surface area contributed by atoms with Crippen LogP contribution in [0.15, 0.2) is 88.4 Å². The summed E-state index contributed by atoms with van der Waals surface area (Å²) in [5.41, 5.74) is 4.06. The molecule has 0 aliphatic carbocycles. The van der Waals surface area contributed by atoms with Crippen molar-refractivity contribution in [3.8, 4) is 17.3 Å². The van der Waals surface area contributed by atoms with E-state index in [0.717, 1.165) is 27.2 Å². The number of nitrogens with zero attached hydrogens (tertiary/aromatic N) is 3. The maximum Gasteiger partial charge on any atom is 0.308 e. The van der Waals surface area contributed by atoms with E-state index in [-0.39, 0.29) is 12.3 Å².